The van der Waals surface area contributed by atoms with Crippen LogP contribution in [0.25, 0.3) is 0 Å². The lowest BCUT2D eigenvalue weighted by molar-refractivity contribution is 0.462. The van der Waals surface area contributed by atoms with E-state index in [2.05, 4.69) is 10.3 Å². The standard InChI is InChI=1S/C13H18N4/c14-8-12-7-11(5-6-16-12)17-13(9-15)10-3-1-2-4-10/h5-7,10,13H,1-4,9,15H2,(H,16,17). The molecule has 1 aliphatic rings. The molecule has 0 aliphatic heterocycles. The lowest BCUT2D eigenvalue weighted by Crippen LogP contribution is -2.35. The molecule has 0 spiro atoms. The fourth-order valence-corrected chi connectivity index (χ4v) is 2.52. The van der Waals surface area contributed by atoms with E-state index in [4.69, 9.17) is 11.0 Å². The van der Waals surface area contributed by atoms with Gasteiger partial charge in [-0.1, -0.05) is 12.8 Å². The summed E-state index contributed by atoms with van der Waals surface area (Å²) in [6.45, 7) is 0.634. The number of nitrogens with two attached hydrogens (primary N) is 1. The van der Waals surface area contributed by atoms with Gasteiger partial charge in [0.1, 0.15) is 11.8 Å². The van der Waals surface area contributed by atoms with Crippen molar-refractivity contribution >= 4 is 5.69 Å². The Labute approximate surface area is 102 Å². The van der Waals surface area contributed by atoms with E-state index in [1.54, 1.807) is 12.3 Å². The highest BCUT2D eigenvalue weighted by molar-refractivity contribution is 5.46. The minimum atomic E-state index is 0.312. The molecule has 1 aromatic rings. The zero-order chi connectivity index (χ0) is 12.1. The molecule has 1 atom stereocenters. The van der Waals surface area contributed by atoms with Crippen molar-refractivity contribution in [2.24, 2.45) is 11.7 Å². The third-order valence-corrected chi connectivity index (χ3v) is 3.45. The summed E-state index contributed by atoms with van der Waals surface area (Å²) in [6.07, 6.45) is 6.78. The molecule has 0 saturated heterocycles. The molecule has 0 aromatic carbocycles. The number of nitriles is 1. The SMILES string of the molecule is N#Cc1cc(NC(CN)C2CCCC2)ccn1. The van der Waals surface area contributed by atoms with Crippen LogP contribution in [0, 0.1) is 17.2 Å². The molecule has 1 aliphatic carbocycles. The number of pyridine rings is 1. The van der Waals surface area contributed by atoms with Gasteiger partial charge in [0.15, 0.2) is 0 Å². The van der Waals surface area contributed by atoms with E-state index in [0.717, 1.165) is 5.69 Å². The molecule has 1 saturated carbocycles. The van der Waals surface area contributed by atoms with E-state index in [-0.39, 0.29) is 0 Å². The minimum absolute atomic E-state index is 0.312. The topological polar surface area (TPSA) is 74.7 Å². The Morgan fingerprint density at radius 3 is 2.94 bits per heavy atom. The van der Waals surface area contributed by atoms with E-state index in [1.807, 2.05) is 12.1 Å². The first-order valence-corrected chi connectivity index (χ1v) is 6.16. The summed E-state index contributed by atoms with van der Waals surface area (Å²) in [5.41, 5.74) is 7.21. The molecule has 4 nitrogen and oxygen atoms in total. The Morgan fingerprint density at radius 1 is 1.53 bits per heavy atom. The van der Waals surface area contributed by atoms with Crippen LogP contribution in [-0.2, 0) is 0 Å². The van der Waals surface area contributed by atoms with Crippen molar-refractivity contribution in [3.05, 3.63) is 24.0 Å². The number of hydrogen-bond donors (Lipinski definition) is 2. The molecule has 90 valence electrons. The molecule has 2 rings (SSSR count). The summed E-state index contributed by atoms with van der Waals surface area (Å²) in [5.74, 6) is 0.665. The van der Waals surface area contributed by atoms with Gasteiger partial charge in [-0.2, -0.15) is 5.26 Å². The highest BCUT2D eigenvalue weighted by atomic mass is 15.0. The maximum Gasteiger partial charge on any atom is 0.142 e. The van der Waals surface area contributed by atoms with Crippen LogP contribution in [0.1, 0.15) is 31.4 Å². The summed E-state index contributed by atoms with van der Waals surface area (Å²) in [7, 11) is 0. The van der Waals surface area contributed by atoms with Crippen molar-refractivity contribution in [3.63, 3.8) is 0 Å². The lowest BCUT2D eigenvalue weighted by Gasteiger charge is -2.24. The van der Waals surface area contributed by atoms with Gasteiger partial charge in [-0.25, -0.2) is 4.98 Å². The minimum Gasteiger partial charge on any atom is -0.381 e. The third kappa shape index (κ3) is 2.95. The summed E-state index contributed by atoms with van der Waals surface area (Å²) in [5, 5.41) is 12.2. The first kappa shape index (κ1) is 11.9. The maximum absolute atomic E-state index is 8.80. The van der Waals surface area contributed by atoms with Crippen molar-refractivity contribution in [3.8, 4) is 6.07 Å². The first-order chi connectivity index (χ1) is 8.33. The fourth-order valence-electron chi connectivity index (χ4n) is 2.52. The molecule has 3 N–H and O–H groups in total. The number of anilines is 1. The molecular formula is C13H18N4. The fraction of sp³-hybridized carbons (Fsp3) is 0.538. The van der Waals surface area contributed by atoms with Crippen LogP contribution in [0.2, 0.25) is 0 Å². The Kier molecular flexibility index (Phi) is 3.94. The lowest BCUT2D eigenvalue weighted by atomic mass is 9.98. The summed E-state index contributed by atoms with van der Waals surface area (Å²) < 4.78 is 0. The number of nitrogens with one attached hydrogen (secondary N) is 1. The Balaban J connectivity index is 2.04. The van der Waals surface area contributed by atoms with E-state index in [1.165, 1.54) is 25.7 Å². The van der Waals surface area contributed by atoms with Crippen molar-refractivity contribution in [2.45, 2.75) is 31.7 Å². The third-order valence-electron chi connectivity index (χ3n) is 3.45. The van der Waals surface area contributed by atoms with Gasteiger partial charge in [-0.3, -0.25) is 0 Å². The normalized spacial score (nSPS) is 17.6. The number of aromatic nitrogens is 1. The molecule has 1 aromatic heterocycles. The van der Waals surface area contributed by atoms with Gasteiger partial charge in [0.25, 0.3) is 0 Å². The predicted octanol–water partition coefficient (Wildman–Crippen LogP) is 1.88. The number of nitrogens with zero attached hydrogens (tertiary/aromatic N) is 2. The second-order valence-corrected chi connectivity index (χ2v) is 4.57. The molecule has 1 unspecified atom stereocenters. The molecule has 17 heavy (non-hydrogen) atoms. The predicted molar refractivity (Wildman–Crippen MR) is 67.4 cm³/mol. The summed E-state index contributed by atoms with van der Waals surface area (Å²) in [4.78, 5) is 3.96. The molecule has 0 bridgehead atoms. The smallest absolute Gasteiger partial charge is 0.142 e. The van der Waals surface area contributed by atoms with Gasteiger partial charge in [0, 0.05) is 24.5 Å². The van der Waals surface area contributed by atoms with Crippen molar-refractivity contribution < 1.29 is 0 Å². The molecule has 0 radical (unpaired) electrons. The van der Waals surface area contributed by atoms with E-state index in [0.29, 0.717) is 24.2 Å². The second-order valence-electron chi connectivity index (χ2n) is 4.57. The van der Waals surface area contributed by atoms with Crippen LogP contribution >= 0.6 is 0 Å². The van der Waals surface area contributed by atoms with Gasteiger partial charge >= 0.3 is 0 Å². The van der Waals surface area contributed by atoms with E-state index < -0.39 is 0 Å². The monoisotopic (exact) mass is 230 g/mol. The molecule has 0 amide bonds. The molecule has 4 heteroatoms. The van der Waals surface area contributed by atoms with Crippen LogP contribution in [0.15, 0.2) is 18.3 Å². The largest absolute Gasteiger partial charge is 0.381 e. The van der Waals surface area contributed by atoms with Gasteiger partial charge in [0.2, 0.25) is 0 Å². The summed E-state index contributed by atoms with van der Waals surface area (Å²) in [6, 6.07) is 6.02. The first-order valence-electron chi connectivity index (χ1n) is 6.16. The number of rotatable bonds is 4. The van der Waals surface area contributed by atoms with Gasteiger partial charge in [0.05, 0.1) is 0 Å². The molecule has 1 fully saturated rings. The highest BCUT2D eigenvalue weighted by Gasteiger charge is 2.23. The maximum atomic E-state index is 8.80. The Morgan fingerprint density at radius 2 is 2.29 bits per heavy atom. The van der Waals surface area contributed by atoms with Crippen LogP contribution in [-0.4, -0.2) is 17.6 Å². The van der Waals surface area contributed by atoms with Crippen molar-refractivity contribution in [1.82, 2.24) is 4.98 Å². The second kappa shape index (κ2) is 5.65. The quantitative estimate of drug-likeness (QED) is 0.828. The van der Waals surface area contributed by atoms with E-state index in [9.17, 15) is 0 Å². The van der Waals surface area contributed by atoms with Gasteiger partial charge in [-0.05, 0) is 30.9 Å². The highest BCUT2D eigenvalue weighted by Crippen LogP contribution is 2.29. The summed E-state index contributed by atoms with van der Waals surface area (Å²) >= 11 is 0. The zero-order valence-corrected chi connectivity index (χ0v) is 9.89. The van der Waals surface area contributed by atoms with Crippen LogP contribution in [0.3, 0.4) is 0 Å². The van der Waals surface area contributed by atoms with Crippen LogP contribution in [0.5, 0.6) is 0 Å². The average Bonchev–Trinajstić information content (AvgIpc) is 2.90. The van der Waals surface area contributed by atoms with Gasteiger partial charge < -0.3 is 11.1 Å². The Bertz CT molecular complexity index is 404. The van der Waals surface area contributed by atoms with Gasteiger partial charge in [-0.15, -0.1) is 0 Å². The zero-order valence-electron chi connectivity index (χ0n) is 9.89. The van der Waals surface area contributed by atoms with Crippen molar-refractivity contribution in [2.75, 3.05) is 11.9 Å². The van der Waals surface area contributed by atoms with Crippen LogP contribution in [0.4, 0.5) is 5.69 Å². The van der Waals surface area contributed by atoms with Crippen molar-refractivity contribution in [1.29, 1.82) is 5.26 Å². The molecule has 1 heterocycles. The van der Waals surface area contributed by atoms with Crippen LogP contribution < -0.4 is 11.1 Å². The van der Waals surface area contributed by atoms with E-state index >= 15 is 0 Å². The molecular weight excluding hydrogens is 212 g/mol. The average molecular weight is 230 g/mol. The number of hydrogen-bond acceptors (Lipinski definition) is 4. The Hall–Kier alpha value is -1.60.